The van der Waals surface area contributed by atoms with Crippen molar-refractivity contribution in [2.75, 3.05) is 44.2 Å². The van der Waals surface area contributed by atoms with Crippen molar-refractivity contribution < 1.29 is 18.7 Å². The summed E-state index contributed by atoms with van der Waals surface area (Å²) < 4.78 is 25.2. The molecule has 0 atom stereocenters. The number of fused-ring (bicyclic) bond motifs is 4. The molecule has 2 aliphatic heterocycles. The molecule has 0 bridgehead atoms. The number of nitrogens with zero attached hydrogens (tertiary/aromatic N) is 3. The average Bonchev–Trinajstić information content (AvgIpc) is 2.95. The number of pyridine rings is 1. The van der Waals surface area contributed by atoms with Crippen molar-refractivity contribution in [3.05, 3.63) is 52.4 Å². The molecule has 154 valence electrons. The zero-order valence-corrected chi connectivity index (χ0v) is 18.3. The molecule has 8 heteroatoms. The molecule has 0 N–H and O–H groups in total. The predicted molar refractivity (Wildman–Crippen MR) is 116 cm³/mol. The topological polar surface area (TPSA) is 54.9 Å². The average molecular weight is 472 g/mol. The maximum absolute atomic E-state index is 14.1. The number of hydrogen-bond donors (Lipinski definition) is 0. The van der Waals surface area contributed by atoms with Gasteiger partial charge in [0.2, 0.25) is 5.91 Å². The first-order valence-corrected chi connectivity index (χ1v) is 10.2. The number of halogens is 2. The molecule has 0 unspecified atom stereocenters. The first kappa shape index (κ1) is 19.1. The monoisotopic (exact) mass is 471 g/mol. The summed E-state index contributed by atoms with van der Waals surface area (Å²) in [6.07, 6.45) is 1.66. The lowest BCUT2D eigenvalue weighted by Crippen LogP contribution is -2.64. The van der Waals surface area contributed by atoms with Crippen LogP contribution >= 0.6 is 15.9 Å². The number of aromatic nitrogens is 1. The van der Waals surface area contributed by atoms with E-state index in [1.54, 1.807) is 38.4 Å². The van der Waals surface area contributed by atoms with Crippen LogP contribution < -0.4 is 19.3 Å². The number of methoxy groups -OCH3 is 2. The van der Waals surface area contributed by atoms with Gasteiger partial charge in [-0.05, 0) is 34.1 Å². The highest BCUT2D eigenvalue weighted by Gasteiger charge is 2.58. The first-order valence-electron chi connectivity index (χ1n) is 9.43. The summed E-state index contributed by atoms with van der Waals surface area (Å²) in [4.78, 5) is 21.5. The Hall–Kier alpha value is -2.87. The second-order valence-corrected chi connectivity index (χ2v) is 8.50. The fraction of sp³-hybridized carbons (Fsp3) is 0.273. The van der Waals surface area contributed by atoms with Crippen molar-refractivity contribution in [2.24, 2.45) is 0 Å². The third-order valence-electron chi connectivity index (χ3n) is 6.10. The van der Waals surface area contributed by atoms with E-state index in [4.69, 9.17) is 9.47 Å². The lowest BCUT2D eigenvalue weighted by molar-refractivity contribution is -0.123. The number of carbonyl (C=O) groups excluding carboxylic acids is 1. The number of amides is 1. The molecule has 1 fully saturated rings. The van der Waals surface area contributed by atoms with E-state index in [0.29, 0.717) is 34.6 Å². The number of benzene rings is 2. The Morgan fingerprint density at radius 3 is 2.57 bits per heavy atom. The van der Waals surface area contributed by atoms with E-state index in [1.807, 2.05) is 18.2 Å². The molecule has 1 spiro atoms. The summed E-state index contributed by atoms with van der Waals surface area (Å²) in [5, 5.41) is 0.797. The molecule has 2 aromatic carbocycles. The van der Waals surface area contributed by atoms with Crippen LogP contribution in [0.5, 0.6) is 11.5 Å². The molecule has 0 saturated carbocycles. The SMILES string of the molecule is COc1ccc(N2CC3(C2)C(=O)N(C)c2cnc4cc(F)c(Br)cc4c23)cc1OC. The van der Waals surface area contributed by atoms with Gasteiger partial charge in [-0.25, -0.2) is 4.39 Å². The summed E-state index contributed by atoms with van der Waals surface area (Å²) in [6.45, 7) is 1.04. The van der Waals surface area contributed by atoms with Crippen LogP contribution in [0, 0.1) is 5.82 Å². The van der Waals surface area contributed by atoms with Gasteiger partial charge in [0.15, 0.2) is 11.5 Å². The fourth-order valence-corrected chi connectivity index (χ4v) is 4.92. The summed E-state index contributed by atoms with van der Waals surface area (Å²) >= 11 is 3.27. The Labute approximate surface area is 181 Å². The van der Waals surface area contributed by atoms with Crippen LogP contribution in [0.1, 0.15) is 5.56 Å². The summed E-state index contributed by atoms with van der Waals surface area (Å²) in [7, 11) is 4.96. The Balaban J connectivity index is 1.59. The highest BCUT2D eigenvalue weighted by atomic mass is 79.9. The Kier molecular flexibility index (Phi) is 4.18. The Morgan fingerprint density at radius 2 is 1.87 bits per heavy atom. The van der Waals surface area contributed by atoms with E-state index in [2.05, 4.69) is 25.8 Å². The minimum atomic E-state index is -0.685. The molecule has 6 nitrogen and oxygen atoms in total. The number of rotatable bonds is 3. The molecule has 1 saturated heterocycles. The van der Waals surface area contributed by atoms with Crippen molar-refractivity contribution in [3.63, 3.8) is 0 Å². The van der Waals surface area contributed by atoms with Crippen LogP contribution in [0.3, 0.4) is 0 Å². The van der Waals surface area contributed by atoms with Crippen LogP contribution in [0.2, 0.25) is 0 Å². The molecule has 0 aliphatic carbocycles. The molecule has 3 heterocycles. The summed E-state index contributed by atoms with van der Waals surface area (Å²) in [5.41, 5.74) is 2.50. The van der Waals surface area contributed by atoms with Gasteiger partial charge in [-0.15, -0.1) is 0 Å². The normalized spacial score (nSPS) is 16.8. The molecule has 1 aromatic heterocycles. The molecule has 1 amide bonds. The largest absolute Gasteiger partial charge is 0.493 e. The minimum absolute atomic E-state index is 0.0315. The van der Waals surface area contributed by atoms with Gasteiger partial charge in [0, 0.05) is 48.9 Å². The highest BCUT2D eigenvalue weighted by molar-refractivity contribution is 9.10. The van der Waals surface area contributed by atoms with Gasteiger partial charge in [0.05, 0.1) is 36.1 Å². The molecule has 3 aromatic rings. The predicted octanol–water partition coefficient (Wildman–Crippen LogP) is 3.89. The number of likely N-dealkylation sites (N-methyl/N-ethyl adjacent to an activating group) is 1. The van der Waals surface area contributed by atoms with Crippen molar-refractivity contribution in [2.45, 2.75) is 5.41 Å². The zero-order valence-electron chi connectivity index (χ0n) is 16.7. The molecular weight excluding hydrogens is 453 g/mol. The van der Waals surface area contributed by atoms with Crippen molar-refractivity contribution >= 4 is 44.1 Å². The Bertz CT molecular complexity index is 1210. The lowest BCUT2D eigenvalue weighted by atomic mass is 9.73. The highest BCUT2D eigenvalue weighted by Crippen LogP contribution is 2.51. The van der Waals surface area contributed by atoms with Crippen LogP contribution in [0.15, 0.2) is 41.0 Å². The third kappa shape index (κ3) is 2.46. The van der Waals surface area contributed by atoms with E-state index < -0.39 is 5.41 Å². The number of ether oxygens (including phenoxy) is 2. The Morgan fingerprint density at radius 1 is 1.13 bits per heavy atom. The first-order chi connectivity index (χ1) is 14.4. The summed E-state index contributed by atoms with van der Waals surface area (Å²) in [5.74, 6) is 0.953. The molecule has 5 rings (SSSR count). The fourth-order valence-electron chi connectivity index (χ4n) is 4.57. The molecule has 0 radical (unpaired) electrons. The number of carbonyl (C=O) groups is 1. The van der Waals surface area contributed by atoms with Gasteiger partial charge in [-0.2, -0.15) is 0 Å². The smallest absolute Gasteiger partial charge is 0.241 e. The summed E-state index contributed by atoms with van der Waals surface area (Å²) in [6, 6.07) is 8.85. The standard InChI is InChI=1S/C22H19BrFN3O3/c1-26-17-9-25-16-8-15(24)14(23)7-13(16)20(17)22(21(26)28)10-27(11-22)12-4-5-18(29-2)19(6-12)30-3/h4-9H,10-11H2,1-3H3. The van der Waals surface area contributed by atoms with Crippen molar-refractivity contribution in [1.29, 1.82) is 0 Å². The van der Waals surface area contributed by atoms with Gasteiger partial charge < -0.3 is 19.3 Å². The van der Waals surface area contributed by atoms with Crippen molar-refractivity contribution in [3.8, 4) is 11.5 Å². The molecule has 2 aliphatic rings. The quantitative estimate of drug-likeness (QED) is 0.579. The van der Waals surface area contributed by atoms with E-state index in [1.165, 1.54) is 6.07 Å². The van der Waals surface area contributed by atoms with E-state index in [9.17, 15) is 9.18 Å². The second kappa shape index (κ2) is 6.57. The maximum Gasteiger partial charge on any atom is 0.241 e. The van der Waals surface area contributed by atoms with Gasteiger partial charge >= 0.3 is 0 Å². The number of anilines is 2. The van der Waals surface area contributed by atoms with Gasteiger partial charge in [0.1, 0.15) is 11.2 Å². The zero-order chi connectivity index (χ0) is 21.2. The lowest BCUT2D eigenvalue weighted by Gasteiger charge is -2.48. The van der Waals surface area contributed by atoms with Crippen LogP contribution in [0.4, 0.5) is 15.8 Å². The second-order valence-electron chi connectivity index (χ2n) is 7.64. The van der Waals surface area contributed by atoms with Crippen LogP contribution in [-0.4, -0.2) is 45.2 Å². The molecular formula is C22H19BrFN3O3. The van der Waals surface area contributed by atoms with Gasteiger partial charge in [-0.3, -0.25) is 9.78 Å². The maximum atomic E-state index is 14.1. The third-order valence-corrected chi connectivity index (χ3v) is 6.71. The van der Waals surface area contributed by atoms with E-state index in [0.717, 1.165) is 22.3 Å². The van der Waals surface area contributed by atoms with E-state index in [-0.39, 0.29) is 11.7 Å². The van der Waals surface area contributed by atoms with Crippen LogP contribution in [0.25, 0.3) is 10.9 Å². The molecule has 30 heavy (non-hydrogen) atoms. The minimum Gasteiger partial charge on any atom is -0.493 e. The van der Waals surface area contributed by atoms with Gasteiger partial charge in [-0.1, -0.05) is 0 Å². The van der Waals surface area contributed by atoms with Crippen molar-refractivity contribution in [1.82, 2.24) is 4.98 Å². The van der Waals surface area contributed by atoms with Gasteiger partial charge in [0.25, 0.3) is 0 Å². The van der Waals surface area contributed by atoms with E-state index >= 15 is 0 Å². The number of hydrogen-bond acceptors (Lipinski definition) is 5. The van der Waals surface area contributed by atoms with Crippen LogP contribution in [-0.2, 0) is 10.2 Å².